The predicted octanol–water partition coefficient (Wildman–Crippen LogP) is 0.690. The van der Waals surface area contributed by atoms with Crippen LogP contribution in [-0.2, 0) is 9.53 Å². The molecule has 3 nitrogen and oxygen atoms in total. The molecule has 0 amide bonds. The molecular weight excluding hydrogens is 142 g/mol. The Labute approximate surface area is 67.1 Å². The zero-order chi connectivity index (χ0) is 8.27. The van der Waals surface area contributed by atoms with Crippen molar-refractivity contribution in [2.75, 3.05) is 7.05 Å². The Morgan fingerprint density at radius 2 is 2.27 bits per heavy atom. The van der Waals surface area contributed by atoms with E-state index < -0.39 is 0 Å². The van der Waals surface area contributed by atoms with E-state index in [1.807, 2.05) is 7.05 Å². The highest BCUT2D eigenvalue weighted by Gasteiger charge is 2.27. The highest BCUT2D eigenvalue weighted by molar-refractivity contribution is 5.66. The summed E-state index contributed by atoms with van der Waals surface area (Å²) in [6.07, 6.45) is 3.39. The maximum Gasteiger partial charge on any atom is 0.302 e. The lowest BCUT2D eigenvalue weighted by Gasteiger charge is -2.18. The van der Waals surface area contributed by atoms with E-state index in [0.717, 1.165) is 19.3 Å². The summed E-state index contributed by atoms with van der Waals surface area (Å²) in [4.78, 5) is 10.6. The monoisotopic (exact) mass is 157 g/mol. The van der Waals surface area contributed by atoms with Crippen LogP contribution in [0.15, 0.2) is 0 Å². The number of ether oxygens (including phenoxy) is 1. The number of rotatable bonds is 2. The summed E-state index contributed by atoms with van der Waals surface area (Å²) in [5, 5.41) is 3.14. The van der Waals surface area contributed by atoms with E-state index in [0.29, 0.717) is 6.04 Å². The van der Waals surface area contributed by atoms with Gasteiger partial charge in [0.15, 0.2) is 0 Å². The number of carbonyl (C=O) groups excluding carboxylic acids is 1. The van der Waals surface area contributed by atoms with E-state index in [2.05, 4.69) is 5.32 Å². The maximum absolute atomic E-state index is 10.6. The van der Waals surface area contributed by atoms with Crippen molar-refractivity contribution < 1.29 is 9.53 Å². The number of likely N-dealkylation sites (N-methyl/N-ethyl adjacent to an activating group) is 1. The minimum atomic E-state index is -0.169. The van der Waals surface area contributed by atoms with Gasteiger partial charge in [0.25, 0.3) is 0 Å². The molecule has 1 aliphatic carbocycles. The van der Waals surface area contributed by atoms with Crippen molar-refractivity contribution in [1.82, 2.24) is 5.32 Å². The molecule has 64 valence electrons. The van der Waals surface area contributed by atoms with Gasteiger partial charge in [0.05, 0.1) is 0 Å². The van der Waals surface area contributed by atoms with E-state index in [1.54, 1.807) is 0 Å². The Morgan fingerprint density at radius 3 is 2.82 bits per heavy atom. The van der Waals surface area contributed by atoms with Gasteiger partial charge in [0.1, 0.15) is 6.10 Å². The summed E-state index contributed by atoms with van der Waals surface area (Å²) in [5.74, 6) is -0.169. The molecule has 0 saturated heterocycles. The molecule has 2 atom stereocenters. The van der Waals surface area contributed by atoms with Crippen molar-refractivity contribution in [3.05, 3.63) is 0 Å². The standard InChI is InChI=1S/C8H15NO2/c1-6(10)11-8-5-3-4-7(8)9-2/h7-9H,3-5H2,1-2H3. The van der Waals surface area contributed by atoms with E-state index in [1.165, 1.54) is 6.92 Å². The fourth-order valence-corrected chi connectivity index (χ4v) is 1.61. The van der Waals surface area contributed by atoms with Crippen molar-refractivity contribution in [2.45, 2.75) is 38.3 Å². The molecule has 0 heterocycles. The van der Waals surface area contributed by atoms with Crippen LogP contribution in [0.3, 0.4) is 0 Å². The van der Waals surface area contributed by atoms with Crippen molar-refractivity contribution >= 4 is 5.97 Å². The lowest BCUT2D eigenvalue weighted by Crippen LogP contribution is -2.35. The minimum Gasteiger partial charge on any atom is -0.461 e. The minimum absolute atomic E-state index is 0.109. The SMILES string of the molecule is CNC1CCCC1OC(C)=O. The second kappa shape index (κ2) is 3.72. The number of carbonyl (C=O) groups is 1. The molecule has 0 radical (unpaired) electrons. The van der Waals surface area contributed by atoms with E-state index in [-0.39, 0.29) is 12.1 Å². The van der Waals surface area contributed by atoms with Crippen LogP contribution in [0, 0.1) is 0 Å². The summed E-state index contributed by atoms with van der Waals surface area (Å²) < 4.78 is 5.11. The third kappa shape index (κ3) is 2.19. The van der Waals surface area contributed by atoms with Gasteiger partial charge in [-0.15, -0.1) is 0 Å². The van der Waals surface area contributed by atoms with E-state index in [4.69, 9.17) is 4.74 Å². The molecule has 0 aliphatic heterocycles. The average Bonchev–Trinajstić information content (AvgIpc) is 2.34. The summed E-state index contributed by atoms with van der Waals surface area (Å²) in [5.41, 5.74) is 0. The van der Waals surface area contributed by atoms with Gasteiger partial charge in [0, 0.05) is 13.0 Å². The molecule has 0 aromatic carbocycles. The first-order valence-electron chi connectivity index (χ1n) is 4.08. The van der Waals surface area contributed by atoms with Gasteiger partial charge >= 0.3 is 5.97 Å². The molecule has 3 heteroatoms. The number of hydrogen-bond donors (Lipinski definition) is 1. The summed E-state index contributed by atoms with van der Waals surface area (Å²) in [6, 6.07) is 0.374. The van der Waals surface area contributed by atoms with E-state index in [9.17, 15) is 4.79 Å². The highest BCUT2D eigenvalue weighted by atomic mass is 16.5. The van der Waals surface area contributed by atoms with Crippen molar-refractivity contribution in [1.29, 1.82) is 0 Å². The third-order valence-electron chi connectivity index (χ3n) is 2.14. The maximum atomic E-state index is 10.6. The molecule has 0 bridgehead atoms. The Bertz CT molecular complexity index is 147. The Morgan fingerprint density at radius 1 is 1.55 bits per heavy atom. The molecular formula is C8H15NO2. The second-order valence-corrected chi connectivity index (χ2v) is 2.97. The number of nitrogens with one attached hydrogen (secondary N) is 1. The highest BCUT2D eigenvalue weighted by Crippen LogP contribution is 2.21. The predicted molar refractivity (Wildman–Crippen MR) is 42.3 cm³/mol. The zero-order valence-corrected chi connectivity index (χ0v) is 7.09. The van der Waals surface area contributed by atoms with Gasteiger partial charge in [-0.3, -0.25) is 4.79 Å². The van der Waals surface area contributed by atoms with Crippen molar-refractivity contribution in [3.63, 3.8) is 0 Å². The molecule has 1 N–H and O–H groups in total. The van der Waals surface area contributed by atoms with Crippen LogP contribution in [-0.4, -0.2) is 25.2 Å². The summed E-state index contributed by atoms with van der Waals surface area (Å²) in [6.45, 7) is 1.46. The second-order valence-electron chi connectivity index (χ2n) is 2.97. The lowest BCUT2D eigenvalue weighted by atomic mass is 10.2. The molecule has 0 aromatic heterocycles. The third-order valence-corrected chi connectivity index (χ3v) is 2.14. The Hall–Kier alpha value is -0.570. The molecule has 1 rings (SSSR count). The molecule has 2 unspecified atom stereocenters. The molecule has 0 spiro atoms. The zero-order valence-electron chi connectivity index (χ0n) is 7.09. The van der Waals surface area contributed by atoms with Crippen LogP contribution in [0.1, 0.15) is 26.2 Å². The number of esters is 1. The molecule has 1 aliphatic rings. The fraction of sp³-hybridized carbons (Fsp3) is 0.875. The van der Waals surface area contributed by atoms with Gasteiger partial charge in [-0.2, -0.15) is 0 Å². The first kappa shape index (κ1) is 8.53. The van der Waals surface area contributed by atoms with Crippen LogP contribution in [0.2, 0.25) is 0 Å². The number of hydrogen-bond acceptors (Lipinski definition) is 3. The van der Waals surface area contributed by atoms with Crippen molar-refractivity contribution in [2.24, 2.45) is 0 Å². The van der Waals surface area contributed by atoms with Gasteiger partial charge in [-0.25, -0.2) is 0 Å². The largest absolute Gasteiger partial charge is 0.461 e. The lowest BCUT2D eigenvalue weighted by molar-refractivity contribution is -0.146. The average molecular weight is 157 g/mol. The summed E-state index contributed by atoms with van der Waals surface area (Å²) >= 11 is 0. The molecule has 1 fully saturated rings. The van der Waals surface area contributed by atoms with Gasteiger partial charge in [0.2, 0.25) is 0 Å². The quantitative estimate of drug-likeness (QED) is 0.599. The van der Waals surface area contributed by atoms with Gasteiger partial charge < -0.3 is 10.1 Å². The first-order chi connectivity index (χ1) is 5.24. The topological polar surface area (TPSA) is 38.3 Å². The Balaban J connectivity index is 2.37. The smallest absolute Gasteiger partial charge is 0.302 e. The van der Waals surface area contributed by atoms with Crippen LogP contribution >= 0.6 is 0 Å². The first-order valence-corrected chi connectivity index (χ1v) is 4.08. The van der Waals surface area contributed by atoms with Crippen LogP contribution in [0.4, 0.5) is 0 Å². The fourth-order valence-electron chi connectivity index (χ4n) is 1.61. The van der Waals surface area contributed by atoms with Gasteiger partial charge in [-0.05, 0) is 26.3 Å². The molecule has 1 saturated carbocycles. The van der Waals surface area contributed by atoms with Gasteiger partial charge in [-0.1, -0.05) is 0 Å². The van der Waals surface area contributed by atoms with Crippen LogP contribution < -0.4 is 5.32 Å². The van der Waals surface area contributed by atoms with Crippen LogP contribution in [0.25, 0.3) is 0 Å². The molecule has 11 heavy (non-hydrogen) atoms. The Kier molecular flexibility index (Phi) is 2.88. The van der Waals surface area contributed by atoms with E-state index >= 15 is 0 Å². The summed E-state index contributed by atoms with van der Waals surface area (Å²) in [7, 11) is 1.91. The van der Waals surface area contributed by atoms with Crippen LogP contribution in [0.5, 0.6) is 0 Å². The normalized spacial score (nSPS) is 30.4. The van der Waals surface area contributed by atoms with Crippen molar-refractivity contribution in [3.8, 4) is 0 Å². The molecule has 0 aromatic rings.